The zero-order valence-corrected chi connectivity index (χ0v) is 10.7. The van der Waals surface area contributed by atoms with Crippen molar-refractivity contribution >= 4 is 5.91 Å². The van der Waals surface area contributed by atoms with Gasteiger partial charge in [-0.25, -0.2) is 0 Å². The van der Waals surface area contributed by atoms with Crippen LogP contribution in [0, 0.1) is 5.92 Å². The third-order valence-corrected chi connectivity index (χ3v) is 4.03. The number of benzene rings is 1. The second-order valence-corrected chi connectivity index (χ2v) is 5.38. The molecule has 2 N–H and O–H groups in total. The smallest absolute Gasteiger partial charge is 0.225 e. The summed E-state index contributed by atoms with van der Waals surface area (Å²) in [6.07, 6.45) is 5.04. The summed E-state index contributed by atoms with van der Waals surface area (Å²) in [6, 6.07) is 6.66. The Morgan fingerprint density at radius 2 is 2.00 bits per heavy atom. The monoisotopic (exact) mass is 244 g/mol. The molecule has 0 saturated carbocycles. The molecule has 1 amide bonds. The van der Waals surface area contributed by atoms with Crippen LogP contribution in [0.25, 0.3) is 0 Å². The number of hydrogen-bond donors (Lipinski definition) is 2. The molecule has 0 atom stereocenters. The summed E-state index contributed by atoms with van der Waals surface area (Å²) in [5.74, 6) is 0.370. The molecular formula is C15H20N2O. The first kappa shape index (κ1) is 11.7. The van der Waals surface area contributed by atoms with Gasteiger partial charge in [0.25, 0.3) is 0 Å². The average molecular weight is 244 g/mol. The average Bonchev–Trinajstić information content (AvgIpc) is 2.34. The lowest BCUT2D eigenvalue weighted by Crippen LogP contribution is -2.50. The number of nitrogens with one attached hydrogen (secondary N) is 2. The van der Waals surface area contributed by atoms with E-state index in [4.69, 9.17) is 0 Å². The molecule has 1 aromatic carbocycles. The fourth-order valence-corrected chi connectivity index (χ4v) is 2.70. The molecule has 1 fully saturated rings. The van der Waals surface area contributed by atoms with Gasteiger partial charge in [0.1, 0.15) is 0 Å². The van der Waals surface area contributed by atoms with E-state index in [1.807, 2.05) is 0 Å². The number of rotatable bonds is 3. The van der Waals surface area contributed by atoms with Gasteiger partial charge in [-0.15, -0.1) is 0 Å². The number of carbonyl (C=O) groups excluding carboxylic acids is 1. The molecule has 1 saturated heterocycles. The summed E-state index contributed by atoms with van der Waals surface area (Å²) < 4.78 is 0. The molecular weight excluding hydrogens is 224 g/mol. The van der Waals surface area contributed by atoms with Gasteiger partial charge in [-0.2, -0.15) is 0 Å². The minimum Gasteiger partial charge on any atom is -0.352 e. The van der Waals surface area contributed by atoms with E-state index in [1.54, 1.807) is 0 Å². The maximum Gasteiger partial charge on any atom is 0.225 e. The van der Waals surface area contributed by atoms with Crippen LogP contribution in [0.15, 0.2) is 18.2 Å². The van der Waals surface area contributed by atoms with Gasteiger partial charge in [0.05, 0.1) is 5.92 Å². The Labute approximate surface area is 108 Å². The fourth-order valence-electron chi connectivity index (χ4n) is 2.70. The predicted octanol–water partition coefficient (Wildman–Crippen LogP) is 1.40. The van der Waals surface area contributed by atoms with Gasteiger partial charge < -0.3 is 10.6 Å². The van der Waals surface area contributed by atoms with Gasteiger partial charge >= 0.3 is 0 Å². The molecule has 0 unspecified atom stereocenters. The number of hydrogen-bond acceptors (Lipinski definition) is 2. The van der Waals surface area contributed by atoms with Gasteiger partial charge in [-0.1, -0.05) is 18.2 Å². The van der Waals surface area contributed by atoms with Crippen molar-refractivity contribution in [3.63, 3.8) is 0 Å². The van der Waals surface area contributed by atoms with E-state index < -0.39 is 0 Å². The summed E-state index contributed by atoms with van der Waals surface area (Å²) in [7, 11) is 0. The van der Waals surface area contributed by atoms with E-state index in [-0.39, 0.29) is 11.8 Å². The largest absolute Gasteiger partial charge is 0.352 e. The second kappa shape index (κ2) is 5.11. The fraction of sp³-hybridized carbons (Fsp3) is 0.533. The van der Waals surface area contributed by atoms with Crippen molar-refractivity contribution in [2.75, 3.05) is 13.1 Å². The zero-order valence-electron chi connectivity index (χ0n) is 10.7. The van der Waals surface area contributed by atoms with Crippen LogP contribution in [0.5, 0.6) is 0 Å². The normalized spacial score (nSPS) is 18.9. The topological polar surface area (TPSA) is 41.1 Å². The molecule has 18 heavy (non-hydrogen) atoms. The Morgan fingerprint density at radius 1 is 1.22 bits per heavy atom. The Bertz CT molecular complexity index is 452. The molecule has 3 rings (SSSR count). The quantitative estimate of drug-likeness (QED) is 0.844. The van der Waals surface area contributed by atoms with Crippen LogP contribution in [0.1, 0.15) is 29.5 Å². The van der Waals surface area contributed by atoms with Crippen molar-refractivity contribution in [1.82, 2.24) is 10.6 Å². The maximum absolute atomic E-state index is 11.7. The van der Waals surface area contributed by atoms with E-state index in [2.05, 4.69) is 28.8 Å². The van der Waals surface area contributed by atoms with Gasteiger partial charge in [-0.3, -0.25) is 4.79 Å². The lowest BCUT2D eigenvalue weighted by atomic mass is 9.90. The van der Waals surface area contributed by atoms with Crippen LogP contribution >= 0.6 is 0 Å². The molecule has 0 aromatic heterocycles. The van der Waals surface area contributed by atoms with Crippen LogP contribution in [-0.4, -0.2) is 19.0 Å². The Balaban J connectivity index is 1.60. The van der Waals surface area contributed by atoms with Crippen LogP contribution in [0.2, 0.25) is 0 Å². The molecule has 2 aliphatic rings. The summed E-state index contributed by atoms with van der Waals surface area (Å²) in [5, 5.41) is 6.15. The first-order chi connectivity index (χ1) is 8.83. The Kier molecular flexibility index (Phi) is 3.33. The van der Waals surface area contributed by atoms with Crippen molar-refractivity contribution in [2.45, 2.75) is 32.2 Å². The predicted molar refractivity (Wildman–Crippen MR) is 71.3 cm³/mol. The lowest BCUT2D eigenvalue weighted by Gasteiger charge is -2.26. The molecule has 1 heterocycles. The SMILES string of the molecule is O=C(NCc1ccc2c(c1)CCCC2)C1CNC1. The minimum absolute atomic E-state index is 0.183. The van der Waals surface area contributed by atoms with E-state index in [0.717, 1.165) is 13.1 Å². The van der Waals surface area contributed by atoms with Crippen LogP contribution in [0.4, 0.5) is 0 Å². The number of amides is 1. The number of fused-ring (bicyclic) bond motifs is 1. The van der Waals surface area contributed by atoms with E-state index in [1.165, 1.54) is 42.4 Å². The van der Waals surface area contributed by atoms with Crippen molar-refractivity contribution in [3.05, 3.63) is 34.9 Å². The number of aryl methyl sites for hydroxylation is 2. The van der Waals surface area contributed by atoms with E-state index in [9.17, 15) is 4.79 Å². The van der Waals surface area contributed by atoms with Gasteiger partial charge in [0.2, 0.25) is 5.91 Å². The maximum atomic E-state index is 11.7. The summed E-state index contributed by atoms with van der Waals surface area (Å²) >= 11 is 0. The highest BCUT2D eigenvalue weighted by atomic mass is 16.2. The summed E-state index contributed by atoms with van der Waals surface area (Å²) in [5.41, 5.74) is 4.22. The molecule has 0 bridgehead atoms. The molecule has 0 spiro atoms. The van der Waals surface area contributed by atoms with Crippen LogP contribution in [-0.2, 0) is 24.2 Å². The molecule has 3 heteroatoms. The first-order valence-electron chi connectivity index (χ1n) is 6.92. The second-order valence-electron chi connectivity index (χ2n) is 5.38. The molecule has 1 aliphatic heterocycles. The van der Waals surface area contributed by atoms with Crippen LogP contribution in [0.3, 0.4) is 0 Å². The van der Waals surface area contributed by atoms with Crippen molar-refractivity contribution in [1.29, 1.82) is 0 Å². The highest BCUT2D eigenvalue weighted by Gasteiger charge is 2.24. The third-order valence-electron chi connectivity index (χ3n) is 4.03. The third kappa shape index (κ3) is 2.41. The summed E-state index contributed by atoms with van der Waals surface area (Å²) in [6.45, 7) is 2.33. The van der Waals surface area contributed by atoms with Gasteiger partial charge in [0, 0.05) is 19.6 Å². The van der Waals surface area contributed by atoms with Gasteiger partial charge in [-0.05, 0) is 42.4 Å². The minimum atomic E-state index is 0.183. The molecule has 96 valence electrons. The lowest BCUT2D eigenvalue weighted by molar-refractivity contribution is -0.126. The first-order valence-corrected chi connectivity index (χ1v) is 6.92. The Morgan fingerprint density at radius 3 is 2.72 bits per heavy atom. The highest BCUT2D eigenvalue weighted by Crippen LogP contribution is 2.22. The molecule has 1 aromatic rings. The molecule has 1 aliphatic carbocycles. The molecule has 3 nitrogen and oxygen atoms in total. The standard InChI is InChI=1S/C15H20N2O/c18-15(14-9-16-10-14)17-8-11-5-6-12-3-1-2-4-13(12)7-11/h5-7,14,16H,1-4,8-10H2,(H,17,18). The van der Waals surface area contributed by atoms with E-state index in [0.29, 0.717) is 6.54 Å². The Hall–Kier alpha value is -1.35. The highest BCUT2D eigenvalue weighted by molar-refractivity contribution is 5.79. The summed E-state index contributed by atoms with van der Waals surface area (Å²) in [4.78, 5) is 11.7. The van der Waals surface area contributed by atoms with E-state index >= 15 is 0 Å². The zero-order chi connectivity index (χ0) is 12.4. The van der Waals surface area contributed by atoms with Crippen molar-refractivity contribution < 1.29 is 4.79 Å². The van der Waals surface area contributed by atoms with Crippen LogP contribution < -0.4 is 10.6 Å². The molecule has 0 radical (unpaired) electrons. The van der Waals surface area contributed by atoms with Crippen molar-refractivity contribution in [2.24, 2.45) is 5.92 Å². The van der Waals surface area contributed by atoms with Crippen molar-refractivity contribution in [3.8, 4) is 0 Å². The number of carbonyl (C=O) groups is 1. The van der Waals surface area contributed by atoms with Gasteiger partial charge in [0.15, 0.2) is 0 Å².